The molecule has 17 heavy (non-hydrogen) atoms. The van der Waals surface area contributed by atoms with Crippen LogP contribution in [0.5, 0.6) is 0 Å². The van der Waals surface area contributed by atoms with Crippen LogP contribution in [0.2, 0.25) is 0 Å². The van der Waals surface area contributed by atoms with Crippen molar-refractivity contribution in [3.63, 3.8) is 0 Å². The number of aryl methyl sites for hydroxylation is 1. The van der Waals surface area contributed by atoms with Crippen LogP contribution in [0.3, 0.4) is 0 Å². The van der Waals surface area contributed by atoms with E-state index >= 15 is 0 Å². The lowest BCUT2D eigenvalue weighted by atomic mass is 10.0. The maximum Gasteiger partial charge on any atom is 0.117 e. The van der Waals surface area contributed by atoms with Gasteiger partial charge in [0.25, 0.3) is 0 Å². The molecule has 0 aliphatic carbocycles. The Balaban J connectivity index is 1.62. The Bertz CT molecular complexity index is 335. The van der Waals surface area contributed by atoms with Crippen molar-refractivity contribution in [3.8, 4) is 0 Å². The molecule has 1 aromatic rings. The van der Waals surface area contributed by atoms with Crippen LogP contribution in [0, 0.1) is 6.92 Å². The summed E-state index contributed by atoms with van der Waals surface area (Å²) in [5.41, 5.74) is 0. The highest BCUT2D eigenvalue weighted by Crippen LogP contribution is 2.17. The Kier molecular flexibility index (Phi) is 4.63. The van der Waals surface area contributed by atoms with Crippen LogP contribution in [0.15, 0.2) is 16.5 Å². The highest BCUT2D eigenvalue weighted by atomic mass is 16.3. The zero-order valence-electron chi connectivity index (χ0n) is 11.0. The summed E-state index contributed by atoms with van der Waals surface area (Å²) in [6.45, 7) is 5.18. The van der Waals surface area contributed by atoms with E-state index in [1.165, 1.54) is 32.2 Å². The first-order valence-corrected chi connectivity index (χ1v) is 6.72. The molecule has 1 unspecified atom stereocenters. The van der Waals surface area contributed by atoms with Crippen LogP contribution >= 0.6 is 0 Å². The van der Waals surface area contributed by atoms with Gasteiger partial charge in [0, 0.05) is 6.04 Å². The largest absolute Gasteiger partial charge is 0.465 e. The van der Waals surface area contributed by atoms with Gasteiger partial charge < -0.3 is 14.6 Å². The molecule has 96 valence electrons. The van der Waals surface area contributed by atoms with Crippen LogP contribution in [-0.4, -0.2) is 31.1 Å². The third kappa shape index (κ3) is 3.86. The molecular formula is C14H24N2O. The lowest BCUT2D eigenvalue weighted by Gasteiger charge is -2.32. The normalized spacial score (nSPS) is 21.9. The van der Waals surface area contributed by atoms with E-state index in [1.54, 1.807) is 0 Å². The van der Waals surface area contributed by atoms with E-state index in [-0.39, 0.29) is 0 Å². The predicted octanol–water partition coefficient (Wildman–Crippen LogP) is 2.55. The molecule has 1 aromatic heterocycles. The van der Waals surface area contributed by atoms with Gasteiger partial charge in [0.05, 0.1) is 6.54 Å². The summed E-state index contributed by atoms with van der Waals surface area (Å²) in [4.78, 5) is 2.50. The summed E-state index contributed by atoms with van der Waals surface area (Å²) in [6, 6.07) is 4.84. The van der Waals surface area contributed by atoms with Crippen LogP contribution in [0.4, 0.5) is 0 Å². The average Bonchev–Trinajstić information content (AvgIpc) is 2.73. The molecule has 2 heterocycles. The van der Waals surface area contributed by atoms with E-state index in [0.717, 1.165) is 30.7 Å². The van der Waals surface area contributed by atoms with E-state index in [0.29, 0.717) is 0 Å². The molecule has 1 N–H and O–H groups in total. The highest BCUT2D eigenvalue weighted by molar-refractivity contribution is 5.05. The fourth-order valence-electron chi connectivity index (χ4n) is 2.57. The summed E-state index contributed by atoms with van der Waals surface area (Å²) >= 11 is 0. The molecule has 0 radical (unpaired) electrons. The summed E-state index contributed by atoms with van der Waals surface area (Å²) < 4.78 is 5.52. The van der Waals surface area contributed by atoms with E-state index in [2.05, 4.69) is 23.3 Å². The van der Waals surface area contributed by atoms with Crippen molar-refractivity contribution in [2.45, 2.75) is 45.2 Å². The highest BCUT2D eigenvalue weighted by Gasteiger charge is 2.17. The van der Waals surface area contributed by atoms with Crippen molar-refractivity contribution in [3.05, 3.63) is 23.7 Å². The average molecular weight is 236 g/mol. The Morgan fingerprint density at radius 1 is 1.41 bits per heavy atom. The lowest BCUT2D eigenvalue weighted by Crippen LogP contribution is -2.38. The van der Waals surface area contributed by atoms with Gasteiger partial charge in [0.15, 0.2) is 0 Å². The van der Waals surface area contributed by atoms with Gasteiger partial charge in [0.1, 0.15) is 11.5 Å². The van der Waals surface area contributed by atoms with Gasteiger partial charge in [-0.15, -0.1) is 0 Å². The minimum absolute atomic E-state index is 0.773. The molecule has 2 rings (SSSR count). The Morgan fingerprint density at radius 2 is 2.29 bits per heavy atom. The van der Waals surface area contributed by atoms with Crippen molar-refractivity contribution in [1.82, 2.24) is 10.2 Å². The second-order valence-corrected chi connectivity index (χ2v) is 5.11. The minimum atomic E-state index is 0.773. The Labute approximate surface area is 104 Å². The smallest absolute Gasteiger partial charge is 0.117 e. The molecule has 0 saturated carbocycles. The lowest BCUT2D eigenvalue weighted by molar-refractivity contribution is 0.175. The molecule has 3 nitrogen and oxygen atoms in total. The van der Waals surface area contributed by atoms with Gasteiger partial charge in [-0.2, -0.15) is 0 Å². The molecule has 0 bridgehead atoms. The van der Waals surface area contributed by atoms with Gasteiger partial charge in [0.2, 0.25) is 0 Å². The number of rotatable bonds is 5. The second kappa shape index (κ2) is 6.22. The van der Waals surface area contributed by atoms with E-state index in [1.807, 2.05) is 13.0 Å². The molecule has 0 aromatic carbocycles. The predicted molar refractivity (Wildman–Crippen MR) is 70.0 cm³/mol. The van der Waals surface area contributed by atoms with Crippen molar-refractivity contribution >= 4 is 0 Å². The summed E-state index contributed by atoms with van der Waals surface area (Å²) in [5, 5.41) is 3.46. The third-order valence-electron chi connectivity index (χ3n) is 3.67. The van der Waals surface area contributed by atoms with E-state index in [9.17, 15) is 0 Å². The number of nitrogens with zero attached hydrogens (tertiary/aromatic N) is 1. The summed E-state index contributed by atoms with van der Waals surface area (Å²) in [7, 11) is 2.25. The molecule has 0 amide bonds. The maximum atomic E-state index is 5.52. The molecule has 1 aliphatic heterocycles. The number of likely N-dealkylation sites (tertiary alicyclic amines) is 1. The van der Waals surface area contributed by atoms with Crippen LogP contribution in [0.1, 0.15) is 37.2 Å². The monoisotopic (exact) mass is 236 g/mol. The number of furan rings is 1. The van der Waals surface area contributed by atoms with E-state index in [4.69, 9.17) is 4.42 Å². The Morgan fingerprint density at radius 3 is 3.00 bits per heavy atom. The molecule has 3 heteroatoms. The van der Waals surface area contributed by atoms with Crippen LogP contribution < -0.4 is 5.32 Å². The van der Waals surface area contributed by atoms with Gasteiger partial charge in [-0.3, -0.25) is 0 Å². The molecule has 1 fully saturated rings. The second-order valence-electron chi connectivity index (χ2n) is 5.11. The maximum absolute atomic E-state index is 5.52. The van der Waals surface area contributed by atoms with Crippen molar-refractivity contribution in [2.24, 2.45) is 0 Å². The van der Waals surface area contributed by atoms with E-state index < -0.39 is 0 Å². The first-order chi connectivity index (χ1) is 8.25. The van der Waals surface area contributed by atoms with Gasteiger partial charge in [-0.05, 0) is 58.5 Å². The molecule has 1 atom stereocenters. The standard InChI is InChI=1S/C14H24N2O/c1-12-6-7-14(17-12)11-15-9-8-13-5-3-4-10-16(13)2/h6-7,13,15H,3-5,8-11H2,1-2H3. The van der Waals surface area contributed by atoms with Gasteiger partial charge >= 0.3 is 0 Å². The fourth-order valence-corrected chi connectivity index (χ4v) is 2.57. The molecular weight excluding hydrogens is 212 g/mol. The first-order valence-electron chi connectivity index (χ1n) is 6.72. The third-order valence-corrected chi connectivity index (χ3v) is 3.67. The SMILES string of the molecule is Cc1ccc(CNCCC2CCCCN2C)o1. The zero-order valence-corrected chi connectivity index (χ0v) is 11.0. The fraction of sp³-hybridized carbons (Fsp3) is 0.714. The number of piperidine rings is 1. The molecule has 1 aliphatic rings. The van der Waals surface area contributed by atoms with Crippen molar-refractivity contribution in [1.29, 1.82) is 0 Å². The zero-order chi connectivity index (χ0) is 12.1. The number of hydrogen-bond acceptors (Lipinski definition) is 3. The van der Waals surface area contributed by atoms with Gasteiger partial charge in [-0.1, -0.05) is 6.42 Å². The number of hydrogen-bond donors (Lipinski definition) is 1. The molecule has 0 spiro atoms. The minimum Gasteiger partial charge on any atom is -0.465 e. The quantitative estimate of drug-likeness (QED) is 0.796. The summed E-state index contributed by atoms with van der Waals surface area (Å²) in [5.74, 6) is 2.04. The van der Waals surface area contributed by atoms with Crippen LogP contribution in [0.25, 0.3) is 0 Å². The van der Waals surface area contributed by atoms with Gasteiger partial charge in [-0.25, -0.2) is 0 Å². The summed E-state index contributed by atoms with van der Waals surface area (Å²) in [6.07, 6.45) is 5.37. The topological polar surface area (TPSA) is 28.4 Å². The van der Waals surface area contributed by atoms with Crippen molar-refractivity contribution < 1.29 is 4.42 Å². The first kappa shape index (κ1) is 12.7. The van der Waals surface area contributed by atoms with Crippen LogP contribution in [-0.2, 0) is 6.54 Å². The molecule has 1 saturated heterocycles. The Hall–Kier alpha value is -0.800. The number of nitrogens with one attached hydrogen (secondary N) is 1. The van der Waals surface area contributed by atoms with Crippen molar-refractivity contribution in [2.75, 3.05) is 20.1 Å².